The molecule has 2 saturated carbocycles. The van der Waals surface area contributed by atoms with E-state index in [4.69, 9.17) is 4.74 Å². The lowest BCUT2D eigenvalue weighted by Gasteiger charge is -2.49. The summed E-state index contributed by atoms with van der Waals surface area (Å²) in [5, 5.41) is 0. The third-order valence-electron chi connectivity index (χ3n) is 6.04. The Morgan fingerprint density at radius 1 is 1.06 bits per heavy atom. The summed E-state index contributed by atoms with van der Waals surface area (Å²) < 4.78 is 5.75. The summed E-state index contributed by atoms with van der Waals surface area (Å²) in [6.45, 7) is 7.53. The molecule has 0 amide bonds. The van der Waals surface area contributed by atoms with Gasteiger partial charge in [-0.25, -0.2) is 0 Å². The van der Waals surface area contributed by atoms with Crippen LogP contribution in [-0.4, -0.2) is 12.2 Å². The SMILES string of the molecule is CC1CC2OC2CC1C1(C)CCCCC1C. The zero-order chi connectivity index (χ0) is 11.3. The van der Waals surface area contributed by atoms with Crippen LogP contribution in [0.25, 0.3) is 0 Å². The fourth-order valence-electron chi connectivity index (χ4n) is 4.61. The predicted molar refractivity (Wildman–Crippen MR) is 66.3 cm³/mol. The Kier molecular flexibility index (Phi) is 2.58. The smallest absolute Gasteiger partial charge is 0.0845 e. The van der Waals surface area contributed by atoms with Gasteiger partial charge in [-0.05, 0) is 42.4 Å². The van der Waals surface area contributed by atoms with Gasteiger partial charge < -0.3 is 4.74 Å². The Morgan fingerprint density at radius 2 is 1.81 bits per heavy atom. The van der Waals surface area contributed by atoms with Crippen molar-refractivity contribution >= 4 is 0 Å². The predicted octanol–water partition coefficient (Wildman–Crippen LogP) is 4.02. The van der Waals surface area contributed by atoms with Gasteiger partial charge in [0.05, 0.1) is 12.2 Å². The van der Waals surface area contributed by atoms with E-state index in [1.165, 1.54) is 38.5 Å². The summed E-state index contributed by atoms with van der Waals surface area (Å²) in [6, 6.07) is 0. The van der Waals surface area contributed by atoms with Gasteiger partial charge in [-0.15, -0.1) is 0 Å². The first kappa shape index (κ1) is 11.1. The summed E-state index contributed by atoms with van der Waals surface area (Å²) in [7, 11) is 0. The molecule has 0 N–H and O–H groups in total. The fourth-order valence-corrected chi connectivity index (χ4v) is 4.61. The number of epoxide rings is 1. The average Bonchev–Trinajstić information content (AvgIpc) is 2.99. The van der Waals surface area contributed by atoms with Crippen molar-refractivity contribution in [3.8, 4) is 0 Å². The van der Waals surface area contributed by atoms with Gasteiger partial charge in [0, 0.05) is 0 Å². The summed E-state index contributed by atoms with van der Waals surface area (Å²) in [6.07, 6.45) is 9.81. The van der Waals surface area contributed by atoms with Gasteiger partial charge in [-0.3, -0.25) is 0 Å². The molecule has 3 fully saturated rings. The standard InChI is InChI=1S/C15H26O/c1-10-8-13-14(16-13)9-12(10)15(3)7-5-4-6-11(15)2/h10-14H,4-9H2,1-3H3. The molecule has 6 unspecified atom stereocenters. The van der Waals surface area contributed by atoms with Crippen molar-refractivity contribution in [2.45, 2.75) is 71.5 Å². The molecule has 0 radical (unpaired) electrons. The van der Waals surface area contributed by atoms with E-state index in [0.717, 1.165) is 17.8 Å². The highest BCUT2D eigenvalue weighted by molar-refractivity contribution is 5.01. The van der Waals surface area contributed by atoms with Crippen LogP contribution in [0.15, 0.2) is 0 Å². The second kappa shape index (κ2) is 3.73. The molecule has 1 heterocycles. The molecule has 0 aromatic heterocycles. The molecule has 0 bridgehead atoms. The van der Waals surface area contributed by atoms with Crippen LogP contribution in [0.1, 0.15) is 59.3 Å². The van der Waals surface area contributed by atoms with Gasteiger partial charge in [0.2, 0.25) is 0 Å². The molecule has 1 heteroatoms. The molecule has 92 valence electrons. The van der Waals surface area contributed by atoms with E-state index >= 15 is 0 Å². The Labute approximate surface area is 99.9 Å². The van der Waals surface area contributed by atoms with Gasteiger partial charge in [-0.1, -0.05) is 40.0 Å². The molecule has 0 aromatic rings. The van der Waals surface area contributed by atoms with E-state index in [-0.39, 0.29) is 0 Å². The van der Waals surface area contributed by atoms with Crippen LogP contribution in [0.2, 0.25) is 0 Å². The van der Waals surface area contributed by atoms with Crippen molar-refractivity contribution in [1.82, 2.24) is 0 Å². The van der Waals surface area contributed by atoms with Crippen molar-refractivity contribution in [2.24, 2.45) is 23.2 Å². The molecule has 16 heavy (non-hydrogen) atoms. The first-order chi connectivity index (χ1) is 7.61. The van der Waals surface area contributed by atoms with Crippen molar-refractivity contribution < 1.29 is 4.74 Å². The lowest BCUT2D eigenvalue weighted by Crippen LogP contribution is -2.42. The fraction of sp³-hybridized carbons (Fsp3) is 1.00. The van der Waals surface area contributed by atoms with Gasteiger partial charge in [-0.2, -0.15) is 0 Å². The minimum atomic E-state index is 0.606. The average molecular weight is 222 g/mol. The zero-order valence-corrected chi connectivity index (χ0v) is 11.0. The van der Waals surface area contributed by atoms with Crippen LogP contribution in [0.5, 0.6) is 0 Å². The highest BCUT2D eigenvalue weighted by atomic mass is 16.6. The topological polar surface area (TPSA) is 12.5 Å². The monoisotopic (exact) mass is 222 g/mol. The molecule has 3 aliphatic rings. The first-order valence-electron chi connectivity index (χ1n) is 7.26. The second-order valence-corrected chi connectivity index (χ2v) is 6.92. The second-order valence-electron chi connectivity index (χ2n) is 6.92. The normalized spacial score (nSPS) is 56.8. The van der Waals surface area contributed by atoms with E-state index in [2.05, 4.69) is 20.8 Å². The molecule has 0 spiro atoms. The molecular weight excluding hydrogens is 196 g/mol. The Balaban J connectivity index is 1.78. The van der Waals surface area contributed by atoms with Gasteiger partial charge in [0.25, 0.3) is 0 Å². The molecule has 0 aromatic carbocycles. The van der Waals surface area contributed by atoms with Crippen LogP contribution in [0.3, 0.4) is 0 Å². The van der Waals surface area contributed by atoms with Crippen molar-refractivity contribution in [1.29, 1.82) is 0 Å². The van der Waals surface area contributed by atoms with Crippen LogP contribution >= 0.6 is 0 Å². The van der Waals surface area contributed by atoms with Crippen LogP contribution < -0.4 is 0 Å². The zero-order valence-electron chi connectivity index (χ0n) is 11.0. The summed E-state index contributed by atoms with van der Waals surface area (Å²) in [4.78, 5) is 0. The summed E-state index contributed by atoms with van der Waals surface area (Å²) >= 11 is 0. The van der Waals surface area contributed by atoms with E-state index in [9.17, 15) is 0 Å². The van der Waals surface area contributed by atoms with Crippen LogP contribution in [0, 0.1) is 23.2 Å². The quantitative estimate of drug-likeness (QED) is 0.611. The van der Waals surface area contributed by atoms with Crippen molar-refractivity contribution in [3.05, 3.63) is 0 Å². The lowest BCUT2D eigenvalue weighted by atomic mass is 9.56. The molecule has 1 nitrogen and oxygen atoms in total. The number of fused-ring (bicyclic) bond motifs is 1. The molecule has 2 aliphatic carbocycles. The maximum atomic E-state index is 5.75. The van der Waals surface area contributed by atoms with Crippen molar-refractivity contribution in [3.63, 3.8) is 0 Å². The number of hydrogen-bond acceptors (Lipinski definition) is 1. The largest absolute Gasteiger partial charge is 0.370 e. The first-order valence-corrected chi connectivity index (χ1v) is 7.26. The highest BCUT2D eigenvalue weighted by Crippen LogP contribution is 2.56. The minimum Gasteiger partial charge on any atom is -0.370 e. The maximum absolute atomic E-state index is 5.75. The van der Waals surface area contributed by atoms with E-state index in [1.54, 1.807) is 0 Å². The van der Waals surface area contributed by atoms with Crippen LogP contribution in [-0.2, 0) is 4.74 Å². The Hall–Kier alpha value is -0.0400. The molecule has 3 rings (SSSR count). The van der Waals surface area contributed by atoms with Gasteiger partial charge in [0.15, 0.2) is 0 Å². The molecule has 6 atom stereocenters. The van der Waals surface area contributed by atoms with Gasteiger partial charge >= 0.3 is 0 Å². The summed E-state index contributed by atoms with van der Waals surface area (Å²) in [5.74, 6) is 2.73. The number of rotatable bonds is 1. The third kappa shape index (κ3) is 1.63. The Bertz CT molecular complexity index is 275. The highest BCUT2D eigenvalue weighted by Gasteiger charge is 2.53. The van der Waals surface area contributed by atoms with E-state index in [0.29, 0.717) is 17.6 Å². The van der Waals surface area contributed by atoms with Gasteiger partial charge in [0.1, 0.15) is 0 Å². The number of ether oxygens (including phenoxy) is 1. The lowest BCUT2D eigenvalue weighted by molar-refractivity contribution is 0.00840. The molecule has 1 aliphatic heterocycles. The third-order valence-corrected chi connectivity index (χ3v) is 6.04. The van der Waals surface area contributed by atoms with E-state index < -0.39 is 0 Å². The maximum Gasteiger partial charge on any atom is 0.0845 e. The minimum absolute atomic E-state index is 0.606. The van der Waals surface area contributed by atoms with E-state index in [1.807, 2.05) is 0 Å². The Morgan fingerprint density at radius 3 is 2.56 bits per heavy atom. The van der Waals surface area contributed by atoms with Crippen LogP contribution in [0.4, 0.5) is 0 Å². The summed E-state index contributed by atoms with van der Waals surface area (Å²) in [5.41, 5.74) is 0.606. The molecular formula is C15H26O. The molecule has 1 saturated heterocycles. The number of hydrogen-bond donors (Lipinski definition) is 0. The van der Waals surface area contributed by atoms with Crippen molar-refractivity contribution in [2.75, 3.05) is 0 Å².